The summed E-state index contributed by atoms with van der Waals surface area (Å²) in [5.74, 6) is 2.46. The number of fused-ring (bicyclic) bond motifs is 7. The molecule has 5 fully saturated rings. The Kier molecular flexibility index (Phi) is 10.1. The number of ether oxygens (including phenoxy) is 2. The van der Waals surface area contributed by atoms with E-state index in [1.807, 2.05) is 32.9 Å². The van der Waals surface area contributed by atoms with Gasteiger partial charge in [-0.1, -0.05) is 65.0 Å². The third-order valence-corrected chi connectivity index (χ3v) is 17.2. The number of amides is 2. The summed E-state index contributed by atoms with van der Waals surface area (Å²) in [4.78, 5) is 40.9. The van der Waals surface area contributed by atoms with Gasteiger partial charge in [0.15, 0.2) is 0 Å². The summed E-state index contributed by atoms with van der Waals surface area (Å²) in [6.07, 6.45) is 14.4. The molecular weight excluding hydrogens is 685 g/mol. The molecular formula is C48H70N2O5. The number of methoxy groups -OCH3 is 1. The zero-order valence-electron chi connectivity index (χ0n) is 35.7. The van der Waals surface area contributed by atoms with E-state index in [4.69, 9.17) is 9.47 Å². The molecule has 7 rings (SSSR count). The first kappa shape index (κ1) is 40.1. The van der Waals surface area contributed by atoms with Gasteiger partial charge in [0.25, 0.3) is 0 Å². The van der Waals surface area contributed by atoms with Crippen LogP contribution >= 0.6 is 0 Å². The molecule has 0 unspecified atom stereocenters. The molecule has 0 spiro atoms. The number of hydrogen-bond acceptors (Lipinski definition) is 5. The van der Waals surface area contributed by atoms with Crippen molar-refractivity contribution in [2.45, 2.75) is 145 Å². The smallest absolute Gasteiger partial charge is 0.410 e. The average molecular weight is 755 g/mol. The molecule has 1 aliphatic heterocycles. The maximum absolute atomic E-state index is 13.9. The normalized spacial score (nSPS) is 39.1. The lowest BCUT2D eigenvalue weighted by atomic mass is 9.32. The lowest BCUT2D eigenvalue weighted by Crippen LogP contribution is -2.66. The highest BCUT2D eigenvalue weighted by molar-refractivity contribution is 5.90. The molecule has 7 nitrogen and oxygen atoms in total. The molecule has 1 saturated heterocycles. The Bertz CT molecular complexity index is 1740. The van der Waals surface area contributed by atoms with E-state index in [0.29, 0.717) is 54.7 Å². The van der Waals surface area contributed by atoms with Crippen molar-refractivity contribution < 1.29 is 23.9 Å². The van der Waals surface area contributed by atoms with Gasteiger partial charge in [-0.15, -0.1) is 0 Å². The van der Waals surface area contributed by atoms with E-state index in [9.17, 15) is 14.4 Å². The summed E-state index contributed by atoms with van der Waals surface area (Å²) in [6, 6.07) is 7.59. The molecule has 10 atom stereocenters. The van der Waals surface area contributed by atoms with Crippen LogP contribution in [0.1, 0.15) is 149 Å². The maximum Gasteiger partial charge on any atom is 0.410 e. The standard InChI is InChI=1S/C48H70N2O5/c1-30(2)33-20-25-48(29-49-40(51)36-13-12-28-50(36)42(53)55-43(3,4)5)27-26-46(9)35(39(33)48)18-19-38-45(8)23-21-34(31-14-16-32(17-15-31)41(52)54-11)44(6,7)37(45)22-24-47(38,46)10/h14-17,21,33,35-39H,1,12-13,18-20,22-29H2,2-11H3,(H,49,51)/t33-,35+,36-,37-,38+,39+,45-,46+,47+,48+/m0/s1. The van der Waals surface area contributed by atoms with Gasteiger partial charge in [0.2, 0.25) is 5.91 Å². The summed E-state index contributed by atoms with van der Waals surface area (Å²) in [5, 5.41) is 3.47. The highest BCUT2D eigenvalue weighted by Gasteiger charge is 2.70. The summed E-state index contributed by atoms with van der Waals surface area (Å²) < 4.78 is 10.7. The van der Waals surface area contributed by atoms with Crippen LogP contribution in [-0.4, -0.2) is 54.7 Å². The van der Waals surface area contributed by atoms with Gasteiger partial charge in [0.1, 0.15) is 11.6 Å². The van der Waals surface area contributed by atoms with E-state index in [-0.39, 0.29) is 45.0 Å². The van der Waals surface area contributed by atoms with Crippen LogP contribution in [0.3, 0.4) is 0 Å². The minimum atomic E-state index is -0.594. The van der Waals surface area contributed by atoms with Crippen LogP contribution in [0.25, 0.3) is 5.57 Å². The molecule has 55 heavy (non-hydrogen) atoms. The molecule has 0 bridgehead atoms. The summed E-state index contributed by atoms with van der Waals surface area (Å²) >= 11 is 0. The first-order valence-corrected chi connectivity index (χ1v) is 21.5. The summed E-state index contributed by atoms with van der Waals surface area (Å²) in [5.41, 5.74) is 4.64. The number of allylic oxidation sites excluding steroid dienone is 3. The van der Waals surface area contributed by atoms with Gasteiger partial charge < -0.3 is 14.8 Å². The van der Waals surface area contributed by atoms with Crippen LogP contribution in [0.4, 0.5) is 4.79 Å². The molecule has 4 saturated carbocycles. The number of benzene rings is 1. The Morgan fingerprint density at radius 2 is 1.60 bits per heavy atom. The van der Waals surface area contributed by atoms with Crippen molar-refractivity contribution in [3.05, 3.63) is 53.6 Å². The summed E-state index contributed by atoms with van der Waals surface area (Å²) in [7, 11) is 1.44. The van der Waals surface area contributed by atoms with E-state index in [1.165, 1.54) is 55.9 Å². The zero-order valence-corrected chi connectivity index (χ0v) is 35.7. The van der Waals surface area contributed by atoms with Crippen molar-refractivity contribution in [1.82, 2.24) is 10.2 Å². The van der Waals surface area contributed by atoms with Gasteiger partial charge in [-0.2, -0.15) is 0 Å². The number of rotatable bonds is 6. The van der Waals surface area contributed by atoms with Gasteiger partial charge in [-0.25, -0.2) is 9.59 Å². The Labute approximate surface area is 331 Å². The van der Waals surface area contributed by atoms with E-state index in [0.717, 1.165) is 32.1 Å². The fourth-order valence-electron chi connectivity index (χ4n) is 14.6. The molecule has 1 N–H and O–H groups in total. The van der Waals surface area contributed by atoms with E-state index in [2.05, 4.69) is 71.6 Å². The molecule has 0 aromatic heterocycles. The van der Waals surface area contributed by atoms with Crippen molar-refractivity contribution in [2.24, 2.45) is 56.7 Å². The number of nitrogens with one attached hydrogen (secondary N) is 1. The van der Waals surface area contributed by atoms with Crippen LogP contribution in [-0.2, 0) is 14.3 Å². The quantitative estimate of drug-likeness (QED) is 0.231. The molecule has 302 valence electrons. The fourth-order valence-corrected chi connectivity index (χ4v) is 14.6. The molecule has 1 aromatic carbocycles. The average Bonchev–Trinajstić information content (AvgIpc) is 3.76. The molecule has 0 radical (unpaired) electrons. The van der Waals surface area contributed by atoms with Crippen molar-refractivity contribution in [1.29, 1.82) is 0 Å². The van der Waals surface area contributed by atoms with Crippen molar-refractivity contribution >= 4 is 23.5 Å². The topological polar surface area (TPSA) is 84.9 Å². The molecule has 5 aliphatic carbocycles. The predicted octanol–water partition coefficient (Wildman–Crippen LogP) is 10.6. The second-order valence-corrected chi connectivity index (χ2v) is 21.2. The lowest BCUT2D eigenvalue weighted by Gasteiger charge is -2.72. The Hall–Kier alpha value is -3.09. The van der Waals surface area contributed by atoms with Crippen molar-refractivity contribution in [3.63, 3.8) is 0 Å². The van der Waals surface area contributed by atoms with Crippen LogP contribution in [0.15, 0.2) is 42.5 Å². The van der Waals surface area contributed by atoms with Gasteiger partial charge in [-0.3, -0.25) is 9.69 Å². The van der Waals surface area contributed by atoms with Crippen molar-refractivity contribution in [2.75, 3.05) is 20.2 Å². The zero-order chi connectivity index (χ0) is 39.9. The molecule has 1 aromatic rings. The number of likely N-dealkylation sites (tertiary alicyclic amines) is 1. The van der Waals surface area contributed by atoms with Crippen LogP contribution < -0.4 is 5.32 Å². The Morgan fingerprint density at radius 3 is 2.25 bits per heavy atom. The Morgan fingerprint density at radius 1 is 0.891 bits per heavy atom. The second-order valence-electron chi connectivity index (χ2n) is 21.2. The monoisotopic (exact) mass is 755 g/mol. The van der Waals surface area contributed by atoms with Gasteiger partial charge in [0, 0.05) is 13.1 Å². The first-order valence-electron chi connectivity index (χ1n) is 21.5. The fraction of sp³-hybridized carbons (Fsp3) is 0.729. The highest BCUT2D eigenvalue weighted by Crippen LogP contribution is 2.77. The van der Waals surface area contributed by atoms with Gasteiger partial charge in [-0.05, 0) is 178 Å². The van der Waals surface area contributed by atoms with Crippen LogP contribution in [0.5, 0.6) is 0 Å². The number of esters is 1. The molecule has 1 heterocycles. The van der Waals surface area contributed by atoms with E-state index < -0.39 is 11.6 Å². The predicted molar refractivity (Wildman–Crippen MR) is 219 cm³/mol. The second kappa shape index (κ2) is 13.8. The van der Waals surface area contributed by atoms with E-state index >= 15 is 0 Å². The minimum absolute atomic E-state index is 0.00761. The third kappa shape index (κ3) is 6.31. The van der Waals surface area contributed by atoms with Gasteiger partial charge >= 0.3 is 12.1 Å². The number of carbonyl (C=O) groups is 3. The summed E-state index contributed by atoms with van der Waals surface area (Å²) in [6.45, 7) is 26.7. The Balaban J connectivity index is 1.13. The molecule has 6 aliphatic rings. The largest absolute Gasteiger partial charge is 0.465 e. The highest BCUT2D eigenvalue weighted by atomic mass is 16.6. The van der Waals surface area contributed by atoms with Crippen LogP contribution in [0.2, 0.25) is 0 Å². The lowest BCUT2D eigenvalue weighted by molar-refractivity contribution is -0.225. The minimum Gasteiger partial charge on any atom is -0.465 e. The number of carbonyl (C=O) groups excluding carboxylic acids is 3. The molecule has 2 amide bonds. The van der Waals surface area contributed by atoms with Crippen LogP contribution in [0, 0.1) is 56.7 Å². The number of nitrogens with zero attached hydrogens (tertiary/aromatic N) is 1. The third-order valence-electron chi connectivity index (χ3n) is 17.2. The van der Waals surface area contributed by atoms with E-state index in [1.54, 1.807) is 4.90 Å². The molecule has 7 heteroatoms. The maximum atomic E-state index is 13.9. The van der Waals surface area contributed by atoms with Gasteiger partial charge in [0.05, 0.1) is 12.7 Å². The first-order chi connectivity index (χ1) is 25.7. The number of hydrogen-bond donors (Lipinski definition) is 1. The SMILES string of the molecule is C=C(C)[C@@H]1CC[C@]2(CNC(=O)[C@@H]3CCCN3C(=O)OC(C)(C)C)CC[C@]3(C)[C@H](CC[C@@H]4[C@@]5(C)CC=C(c6ccc(C(=O)OC)cc6)C(C)(C)[C@@H]5CC[C@]43C)[C@@H]12. The van der Waals surface area contributed by atoms with Crippen molar-refractivity contribution in [3.8, 4) is 0 Å².